The maximum absolute atomic E-state index is 14.5. The summed E-state index contributed by atoms with van der Waals surface area (Å²) in [5.74, 6) is 0.356. The molecule has 6 rings (SSSR count). The van der Waals surface area contributed by atoms with E-state index in [1.54, 1.807) is 0 Å². The normalized spacial score (nSPS) is 20.9. The minimum absolute atomic E-state index is 0.0112. The van der Waals surface area contributed by atoms with E-state index in [9.17, 15) is 4.79 Å². The van der Waals surface area contributed by atoms with Crippen LogP contribution < -0.4 is 15.9 Å². The van der Waals surface area contributed by atoms with Crippen LogP contribution in [0.15, 0.2) is 121 Å². The number of hydrogen-bond donors (Lipinski definition) is 0. The fraction of sp³-hybridized carbons (Fsp3) is 0.242. The van der Waals surface area contributed by atoms with Gasteiger partial charge in [0, 0.05) is 0 Å². The molecule has 37 heavy (non-hydrogen) atoms. The van der Waals surface area contributed by atoms with E-state index in [0.717, 1.165) is 39.0 Å². The van der Waals surface area contributed by atoms with Crippen molar-refractivity contribution >= 4 is 29.1 Å². The van der Waals surface area contributed by atoms with Crippen LogP contribution in [0, 0.1) is 0 Å². The van der Waals surface area contributed by atoms with Crippen LogP contribution in [0.4, 0.5) is 0 Å². The third kappa shape index (κ3) is 4.52. The molecule has 2 aliphatic rings. The Labute approximate surface area is 221 Å². The van der Waals surface area contributed by atoms with Gasteiger partial charge in [0.15, 0.2) is 0 Å². The van der Waals surface area contributed by atoms with Gasteiger partial charge in [-0.05, 0) is 0 Å². The van der Waals surface area contributed by atoms with Crippen LogP contribution in [-0.4, -0.2) is 47.0 Å². The Bertz CT molecular complexity index is 1220. The van der Waals surface area contributed by atoms with Gasteiger partial charge in [-0.15, -0.1) is 0 Å². The van der Waals surface area contributed by atoms with E-state index in [0.29, 0.717) is 11.9 Å². The molecule has 188 valence electrons. The van der Waals surface area contributed by atoms with E-state index < -0.39 is 7.26 Å². The summed E-state index contributed by atoms with van der Waals surface area (Å²) in [6.45, 7) is 3.82. The van der Waals surface area contributed by atoms with E-state index in [2.05, 4.69) is 131 Å². The van der Waals surface area contributed by atoms with Crippen molar-refractivity contribution in [2.24, 2.45) is 0 Å². The fourth-order valence-corrected chi connectivity index (χ4v) is 12.2. The molecule has 2 saturated heterocycles. The molecular formula is C33H35N2OP. The Morgan fingerprint density at radius 1 is 0.622 bits per heavy atom. The fourth-order valence-electron chi connectivity index (χ4n) is 6.72. The first-order valence-corrected chi connectivity index (χ1v) is 15.6. The number of nitrogens with zero attached hydrogens (tertiary/aromatic N) is 2. The molecule has 4 heteroatoms. The van der Waals surface area contributed by atoms with Gasteiger partial charge in [0.2, 0.25) is 0 Å². The molecule has 2 aliphatic heterocycles. The molecule has 2 heterocycles. The summed E-state index contributed by atoms with van der Waals surface area (Å²) in [4.78, 5) is 19.2. The molecule has 2 fully saturated rings. The summed E-state index contributed by atoms with van der Waals surface area (Å²) in [7, 11) is -2.63. The molecule has 4 aromatic carbocycles. The second-order valence-corrected chi connectivity index (χ2v) is 14.5. The van der Waals surface area contributed by atoms with Gasteiger partial charge in [0.25, 0.3) is 0 Å². The molecule has 1 unspecified atom stereocenters. The second kappa shape index (κ2) is 10.6. The number of rotatable bonds is 7. The van der Waals surface area contributed by atoms with Crippen LogP contribution in [0.2, 0.25) is 0 Å². The van der Waals surface area contributed by atoms with Gasteiger partial charge in [0.1, 0.15) is 0 Å². The minimum atomic E-state index is -2.63. The first kappa shape index (κ1) is 24.1. The van der Waals surface area contributed by atoms with Crippen molar-refractivity contribution in [1.82, 2.24) is 9.80 Å². The Hall–Kier alpha value is -3.26. The average molecular weight is 507 g/mol. The summed E-state index contributed by atoms with van der Waals surface area (Å²) in [5, 5.41) is 3.97. The van der Waals surface area contributed by atoms with Crippen LogP contribution in [0.5, 0.6) is 0 Å². The van der Waals surface area contributed by atoms with Crippen molar-refractivity contribution in [1.29, 1.82) is 0 Å². The summed E-state index contributed by atoms with van der Waals surface area (Å²) >= 11 is 0. The zero-order valence-electron chi connectivity index (χ0n) is 21.2. The number of hydrogen-bond acceptors (Lipinski definition) is 2. The van der Waals surface area contributed by atoms with Crippen molar-refractivity contribution in [2.75, 3.05) is 19.6 Å². The zero-order valence-corrected chi connectivity index (χ0v) is 22.2. The maximum atomic E-state index is 14.5. The molecule has 0 spiro atoms. The summed E-state index contributed by atoms with van der Waals surface area (Å²) in [6.07, 6.45) is 1.97. The van der Waals surface area contributed by atoms with E-state index in [1.165, 1.54) is 21.5 Å². The number of benzene rings is 4. The van der Waals surface area contributed by atoms with Crippen LogP contribution in [-0.2, 0) is 11.3 Å². The Kier molecular flexibility index (Phi) is 6.91. The van der Waals surface area contributed by atoms with E-state index >= 15 is 0 Å². The summed E-state index contributed by atoms with van der Waals surface area (Å²) < 4.78 is 0. The van der Waals surface area contributed by atoms with E-state index in [-0.39, 0.29) is 5.66 Å². The van der Waals surface area contributed by atoms with Gasteiger partial charge in [-0.1, -0.05) is 0 Å². The van der Waals surface area contributed by atoms with Crippen molar-refractivity contribution in [2.45, 2.75) is 31.1 Å². The van der Waals surface area contributed by atoms with Crippen LogP contribution >= 0.6 is 7.26 Å². The Morgan fingerprint density at radius 2 is 1.11 bits per heavy atom. The molecule has 0 radical (unpaired) electrons. The topological polar surface area (TPSA) is 23.6 Å². The molecule has 0 aliphatic carbocycles. The molecule has 4 aromatic rings. The van der Waals surface area contributed by atoms with Crippen molar-refractivity contribution in [3.63, 3.8) is 0 Å². The van der Waals surface area contributed by atoms with Gasteiger partial charge in [-0.2, -0.15) is 0 Å². The molecule has 0 saturated carbocycles. The zero-order chi connectivity index (χ0) is 25.1. The third-order valence-corrected chi connectivity index (χ3v) is 13.7. The molecule has 3 nitrogen and oxygen atoms in total. The van der Waals surface area contributed by atoms with Gasteiger partial charge < -0.3 is 0 Å². The van der Waals surface area contributed by atoms with Crippen LogP contribution in [0.3, 0.4) is 0 Å². The SMILES string of the molecule is O=C1[C@H]([PH](c2ccccc2)(c2ccccc2)c2ccccc2)CCN1C1CCN(Cc2ccccc2)C1. The molecule has 0 N–H and O–H groups in total. The quantitative estimate of drug-likeness (QED) is 0.343. The van der Waals surface area contributed by atoms with Crippen LogP contribution in [0.1, 0.15) is 18.4 Å². The van der Waals surface area contributed by atoms with Gasteiger partial charge in [-0.25, -0.2) is 0 Å². The predicted molar refractivity (Wildman–Crippen MR) is 157 cm³/mol. The Morgan fingerprint density at radius 3 is 1.62 bits per heavy atom. The number of carbonyl (C=O) groups excluding carboxylic acids is 1. The molecule has 2 atom stereocenters. The predicted octanol–water partition coefficient (Wildman–Crippen LogP) is 4.59. The first-order valence-electron chi connectivity index (χ1n) is 13.5. The van der Waals surface area contributed by atoms with Gasteiger partial charge in [-0.3, -0.25) is 0 Å². The third-order valence-electron chi connectivity index (χ3n) is 8.39. The van der Waals surface area contributed by atoms with Crippen molar-refractivity contribution in [3.05, 3.63) is 127 Å². The van der Waals surface area contributed by atoms with Gasteiger partial charge in [0.05, 0.1) is 0 Å². The van der Waals surface area contributed by atoms with Crippen molar-refractivity contribution < 1.29 is 4.79 Å². The van der Waals surface area contributed by atoms with Crippen molar-refractivity contribution in [3.8, 4) is 0 Å². The number of carbonyl (C=O) groups is 1. The van der Waals surface area contributed by atoms with Crippen LogP contribution in [0.25, 0.3) is 0 Å². The standard InChI is InChI=1S/C33H35N2OP/c36-33-32(22-24-35(33)28-21-23-34(26-28)25-27-13-5-1-6-14-27)37(29-15-7-2-8-16-29,30-17-9-3-10-18-30)31-19-11-4-12-20-31/h1-20,28,32,37H,21-26H2/t28?,32-/m1/s1. The summed E-state index contributed by atoms with van der Waals surface area (Å²) in [5.41, 5.74) is 1.33. The summed E-state index contributed by atoms with van der Waals surface area (Å²) in [6, 6.07) is 43.6. The van der Waals surface area contributed by atoms with E-state index in [1.807, 2.05) is 0 Å². The second-order valence-electron chi connectivity index (χ2n) is 10.4. The molecular weight excluding hydrogens is 471 g/mol. The number of likely N-dealkylation sites (tertiary alicyclic amines) is 2. The first-order chi connectivity index (χ1) is 18.3. The number of amides is 1. The average Bonchev–Trinajstić information content (AvgIpc) is 3.58. The van der Waals surface area contributed by atoms with Gasteiger partial charge >= 0.3 is 221 Å². The Balaban J connectivity index is 1.35. The molecule has 1 amide bonds. The monoisotopic (exact) mass is 506 g/mol. The van der Waals surface area contributed by atoms with E-state index in [4.69, 9.17) is 0 Å². The molecule has 0 bridgehead atoms. The molecule has 0 aromatic heterocycles.